The van der Waals surface area contributed by atoms with Crippen LogP contribution >= 0.6 is 0 Å². The van der Waals surface area contributed by atoms with Gasteiger partial charge in [-0.3, -0.25) is 0 Å². The maximum Gasteiger partial charge on any atom is 0.344 e. The Labute approximate surface area is 119 Å². The maximum atomic E-state index is 11.9. The summed E-state index contributed by atoms with van der Waals surface area (Å²) in [5, 5.41) is 0. The van der Waals surface area contributed by atoms with Crippen molar-refractivity contribution in [3.05, 3.63) is 29.8 Å². The number of piperidine rings is 3. The minimum absolute atomic E-state index is 0.00199. The van der Waals surface area contributed by atoms with E-state index >= 15 is 0 Å². The van der Waals surface area contributed by atoms with E-state index in [9.17, 15) is 4.79 Å². The van der Waals surface area contributed by atoms with E-state index in [2.05, 4.69) is 0 Å². The van der Waals surface area contributed by atoms with Gasteiger partial charge in [0, 0.05) is 18.8 Å². The molecule has 3 heterocycles. The summed E-state index contributed by atoms with van der Waals surface area (Å²) >= 11 is 0. The minimum Gasteiger partial charge on any atom is -0.482 e. The summed E-state index contributed by atoms with van der Waals surface area (Å²) in [4.78, 5) is 13.5. The van der Waals surface area contributed by atoms with Crippen molar-refractivity contribution in [2.45, 2.75) is 25.9 Å². The topological polar surface area (TPSA) is 40.0 Å². The highest BCUT2D eigenvalue weighted by molar-refractivity contribution is 5.71. The van der Waals surface area contributed by atoms with E-state index in [0.29, 0.717) is 5.92 Å². The zero-order valence-corrected chi connectivity index (χ0v) is 11.9. The van der Waals surface area contributed by atoms with Crippen LogP contribution in [-0.4, -0.2) is 38.3 Å². The molecule has 108 valence electrons. The number of esters is 1. The number of ether oxygens (including phenoxy) is 2. The second-order valence-electron chi connectivity index (χ2n) is 5.93. The van der Waals surface area contributed by atoms with Gasteiger partial charge in [-0.2, -0.15) is 0 Å². The van der Waals surface area contributed by atoms with E-state index in [-0.39, 0.29) is 18.7 Å². The van der Waals surface area contributed by atoms with E-state index < -0.39 is 0 Å². The van der Waals surface area contributed by atoms with Gasteiger partial charge in [0.25, 0.3) is 0 Å². The predicted octanol–water partition coefficient (Wildman–Crippen LogP) is 0.594. The van der Waals surface area contributed by atoms with Crippen LogP contribution in [0.25, 0.3) is 0 Å². The Morgan fingerprint density at radius 2 is 2.15 bits per heavy atom. The SMILES string of the molecule is Cc1cccc(OCC(=O)OC2C[NH+]3CCC2CC3)c1. The van der Waals surface area contributed by atoms with Crippen LogP contribution in [0.5, 0.6) is 5.75 Å². The van der Waals surface area contributed by atoms with Crippen molar-refractivity contribution in [2.75, 3.05) is 26.2 Å². The predicted molar refractivity (Wildman–Crippen MR) is 74.8 cm³/mol. The standard InChI is InChI=1S/C16H21NO3/c1-12-3-2-4-14(9-12)19-11-16(18)20-15-10-17-7-5-13(15)6-8-17/h2-4,9,13,15H,5-8,10-11H2,1H3/p+1. The number of benzene rings is 1. The molecule has 0 amide bonds. The molecule has 1 unspecified atom stereocenters. The fourth-order valence-corrected chi connectivity index (χ4v) is 3.26. The summed E-state index contributed by atoms with van der Waals surface area (Å²) in [6.07, 6.45) is 2.47. The van der Waals surface area contributed by atoms with Gasteiger partial charge in [0.2, 0.25) is 0 Å². The van der Waals surface area contributed by atoms with Gasteiger partial charge in [0.05, 0.1) is 13.1 Å². The summed E-state index contributed by atoms with van der Waals surface area (Å²) < 4.78 is 11.1. The van der Waals surface area contributed by atoms with E-state index in [4.69, 9.17) is 9.47 Å². The van der Waals surface area contributed by atoms with Crippen LogP contribution in [-0.2, 0) is 9.53 Å². The van der Waals surface area contributed by atoms with Crippen molar-refractivity contribution in [3.63, 3.8) is 0 Å². The molecule has 0 aromatic heterocycles. The number of carbonyl (C=O) groups excluding carboxylic acids is 1. The summed E-state index contributed by atoms with van der Waals surface area (Å²) in [6.45, 7) is 5.45. The molecule has 4 nitrogen and oxygen atoms in total. The molecular formula is C16H22NO3+. The van der Waals surface area contributed by atoms with Gasteiger partial charge in [-0.05, 0) is 24.6 Å². The number of nitrogens with one attached hydrogen (secondary N) is 1. The van der Waals surface area contributed by atoms with E-state index in [0.717, 1.165) is 17.9 Å². The van der Waals surface area contributed by atoms with Gasteiger partial charge < -0.3 is 14.4 Å². The van der Waals surface area contributed by atoms with Gasteiger partial charge in [-0.25, -0.2) is 4.79 Å². The average molecular weight is 276 g/mol. The molecule has 0 aliphatic carbocycles. The van der Waals surface area contributed by atoms with Crippen LogP contribution in [0.3, 0.4) is 0 Å². The van der Waals surface area contributed by atoms with Gasteiger partial charge in [-0.1, -0.05) is 12.1 Å². The van der Waals surface area contributed by atoms with Crippen LogP contribution in [0, 0.1) is 12.8 Å². The van der Waals surface area contributed by atoms with Crippen LogP contribution in [0.1, 0.15) is 18.4 Å². The second kappa shape index (κ2) is 5.83. The molecule has 3 saturated heterocycles. The molecule has 0 saturated carbocycles. The monoisotopic (exact) mass is 276 g/mol. The summed E-state index contributed by atoms with van der Waals surface area (Å²) in [5.74, 6) is 1.04. The molecule has 1 N–H and O–H groups in total. The lowest BCUT2D eigenvalue weighted by molar-refractivity contribution is -0.920. The lowest BCUT2D eigenvalue weighted by atomic mass is 9.86. The Bertz CT molecular complexity index is 480. The number of fused-ring (bicyclic) bond motifs is 3. The molecule has 20 heavy (non-hydrogen) atoms. The van der Waals surface area contributed by atoms with Crippen LogP contribution in [0.15, 0.2) is 24.3 Å². The zero-order chi connectivity index (χ0) is 13.9. The van der Waals surface area contributed by atoms with E-state index in [1.807, 2.05) is 31.2 Å². The van der Waals surface area contributed by atoms with Crippen molar-refractivity contribution in [2.24, 2.45) is 5.92 Å². The highest BCUT2D eigenvalue weighted by Gasteiger charge is 2.39. The highest BCUT2D eigenvalue weighted by Crippen LogP contribution is 2.21. The molecule has 1 atom stereocenters. The molecule has 1 aromatic carbocycles. The average Bonchev–Trinajstić information content (AvgIpc) is 2.46. The minimum atomic E-state index is -0.246. The first-order valence-electron chi connectivity index (χ1n) is 7.43. The Hall–Kier alpha value is -1.55. The number of rotatable bonds is 4. The van der Waals surface area contributed by atoms with Gasteiger partial charge in [0.15, 0.2) is 12.7 Å². The molecule has 3 fully saturated rings. The molecule has 4 heteroatoms. The number of carbonyl (C=O) groups is 1. The van der Waals surface area contributed by atoms with Crippen molar-refractivity contribution in [1.29, 1.82) is 0 Å². The number of quaternary nitrogens is 1. The molecule has 2 bridgehead atoms. The Kier molecular flexibility index (Phi) is 3.92. The number of hydrogen-bond acceptors (Lipinski definition) is 3. The van der Waals surface area contributed by atoms with Crippen molar-refractivity contribution >= 4 is 5.97 Å². The van der Waals surface area contributed by atoms with Gasteiger partial charge in [0.1, 0.15) is 12.3 Å². The van der Waals surface area contributed by atoms with E-state index in [1.54, 1.807) is 4.90 Å². The van der Waals surface area contributed by atoms with Crippen molar-refractivity contribution in [1.82, 2.24) is 0 Å². The highest BCUT2D eigenvalue weighted by atomic mass is 16.6. The van der Waals surface area contributed by atoms with Crippen LogP contribution in [0.4, 0.5) is 0 Å². The third-order valence-corrected chi connectivity index (χ3v) is 4.38. The maximum absolute atomic E-state index is 11.9. The second-order valence-corrected chi connectivity index (χ2v) is 5.93. The van der Waals surface area contributed by atoms with Crippen molar-refractivity contribution in [3.8, 4) is 5.75 Å². The zero-order valence-electron chi connectivity index (χ0n) is 11.9. The summed E-state index contributed by atoms with van der Waals surface area (Å²) in [6, 6.07) is 7.71. The van der Waals surface area contributed by atoms with Crippen LogP contribution in [0.2, 0.25) is 0 Å². The summed E-state index contributed by atoms with van der Waals surface area (Å²) in [5.41, 5.74) is 1.12. The fourth-order valence-electron chi connectivity index (χ4n) is 3.26. The first-order valence-corrected chi connectivity index (χ1v) is 7.43. The quantitative estimate of drug-likeness (QED) is 0.819. The van der Waals surface area contributed by atoms with E-state index in [1.165, 1.54) is 25.9 Å². The molecule has 1 aromatic rings. The fraction of sp³-hybridized carbons (Fsp3) is 0.562. The lowest BCUT2D eigenvalue weighted by Gasteiger charge is -2.41. The first kappa shape index (κ1) is 13.4. The van der Waals surface area contributed by atoms with Crippen molar-refractivity contribution < 1.29 is 19.2 Å². The smallest absolute Gasteiger partial charge is 0.344 e. The Balaban J connectivity index is 1.48. The number of hydrogen-bond donors (Lipinski definition) is 1. The Morgan fingerprint density at radius 3 is 2.80 bits per heavy atom. The first-order chi connectivity index (χ1) is 9.70. The van der Waals surface area contributed by atoms with Gasteiger partial charge >= 0.3 is 5.97 Å². The third kappa shape index (κ3) is 3.12. The van der Waals surface area contributed by atoms with Gasteiger partial charge in [-0.15, -0.1) is 0 Å². The largest absolute Gasteiger partial charge is 0.482 e. The summed E-state index contributed by atoms with van der Waals surface area (Å²) in [7, 11) is 0. The molecular weight excluding hydrogens is 254 g/mol. The molecule has 3 aliphatic heterocycles. The molecule has 0 spiro atoms. The molecule has 0 radical (unpaired) electrons. The molecule has 3 aliphatic rings. The number of aryl methyl sites for hydroxylation is 1. The lowest BCUT2D eigenvalue weighted by Crippen LogP contribution is -3.16. The van der Waals surface area contributed by atoms with Crippen LogP contribution < -0.4 is 9.64 Å². The third-order valence-electron chi connectivity index (χ3n) is 4.38. The molecule has 4 rings (SSSR count). The Morgan fingerprint density at radius 1 is 1.35 bits per heavy atom. The normalized spacial score (nSPS) is 28.1.